The third-order valence-electron chi connectivity index (χ3n) is 5.16. The second kappa shape index (κ2) is 5.89. The van der Waals surface area contributed by atoms with Crippen LogP contribution in [0.4, 0.5) is 0 Å². The van der Waals surface area contributed by atoms with Crippen LogP contribution in [0.2, 0.25) is 0 Å². The van der Waals surface area contributed by atoms with Crippen LogP contribution in [0.1, 0.15) is 64.2 Å². The van der Waals surface area contributed by atoms with Gasteiger partial charge in [-0.3, -0.25) is 0 Å². The van der Waals surface area contributed by atoms with Crippen LogP contribution < -0.4 is 16.4 Å². The summed E-state index contributed by atoms with van der Waals surface area (Å²) >= 11 is 0. The van der Waals surface area contributed by atoms with Crippen LogP contribution >= 0.6 is 0 Å². The molecule has 3 saturated carbocycles. The van der Waals surface area contributed by atoms with Gasteiger partial charge < -0.3 is 16.4 Å². The first-order chi connectivity index (χ1) is 8.79. The van der Waals surface area contributed by atoms with E-state index in [1.807, 2.05) is 0 Å². The van der Waals surface area contributed by atoms with E-state index in [9.17, 15) is 0 Å². The van der Waals surface area contributed by atoms with E-state index in [0.29, 0.717) is 6.04 Å². The summed E-state index contributed by atoms with van der Waals surface area (Å²) in [6.07, 6.45) is 13.6. The van der Waals surface area contributed by atoms with Crippen LogP contribution in [-0.2, 0) is 0 Å². The Bertz CT molecular complexity index is 256. The van der Waals surface area contributed by atoms with E-state index in [-0.39, 0.29) is 0 Å². The Kier molecular flexibility index (Phi) is 4.22. The number of hydrogen-bond acceptors (Lipinski definition) is 3. The molecule has 0 amide bonds. The summed E-state index contributed by atoms with van der Waals surface area (Å²) in [5.74, 6) is 0. The van der Waals surface area contributed by atoms with Crippen LogP contribution in [0.25, 0.3) is 0 Å². The van der Waals surface area contributed by atoms with Crippen molar-refractivity contribution in [3.63, 3.8) is 0 Å². The van der Waals surface area contributed by atoms with Crippen LogP contribution in [0.5, 0.6) is 0 Å². The minimum absolute atomic E-state index is 0.472. The highest BCUT2D eigenvalue weighted by Crippen LogP contribution is 2.26. The van der Waals surface area contributed by atoms with E-state index < -0.39 is 0 Å². The molecular formula is C15H29N3. The normalized spacial score (nSPS) is 41.8. The topological polar surface area (TPSA) is 50.1 Å². The van der Waals surface area contributed by atoms with E-state index in [4.69, 9.17) is 5.73 Å². The van der Waals surface area contributed by atoms with E-state index in [0.717, 1.165) is 24.2 Å². The molecule has 104 valence electrons. The maximum absolute atomic E-state index is 5.84. The van der Waals surface area contributed by atoms with Gasteiger partial charge in [0.25, 0.3) is 0 Å². The summed E-state index contributed by atoms with van der Waals surface area (Å²) in [5, 5.41) is 7.69. The smallest absolute Gasteiger partial charge is 0.00991 e. The van der Waals surface area contributed by atoms with Crippen molar-refractivity contribution in [2.75, 3.05) is 0 Å². The molecule has 2 atom stereocenters. The number of nitrogens with two attached hydrogens (primary N) is 1. The lowest BCUT2D eigenvalue weighted by Gasteiger charge is -2.35. The molecule has 0 radical (unpaired) electrons. The molecule has 3 fully saturated rings. The van der Waals surface area contributed by atoms with Gasteiger partial charge in [0, 0.05) is 30.2 Å². The van der Waals surface area contributed by atoms with Crippen molar-refractivity contribution < 1.29 is 0 Å². The minimum Gasteiger partial charge on any atom is -0.328 e. The molecule has 3 rings (SSSR count). The summed E-state index contributed by atoms with van der Waals surface area (Å²) < 4.78 is 0. The van der Waals surface area contributed by atoms with E-state index in [1.54, 1.807) is 0 Å². The first-order valence-corrected chi connectivity index (χ1v) is 8.07. The van der Waals surface area contributed by atoms with Crippen molar-refractivity contribution in [2.24, 2.45) is 5.73 Å². The highest BCUT2D eigenvalue weighted by atomic mass is 15.0. The van der Waals surface area contributed by atoms with Crippen LogP contribution in [0.3, 0.4) is 0 Å². The first-order valence-electron chi connectivity index (χ1n) is 8.07. The van der Waals surface area contributed by atoms with Gasteiger partial charge in [-0.25, -0.2) is 0 Å². The average Bonchev–Trinajstić information content (AvgIpc) is 2.76. The van der Waals surface area contributed by atoms with Gasteiger partial charge in [-0.05, 0) is 44.9 Å². The Morgan fingerprint density at radius 2 is 1.22 bits per heavy atom. The third-order valence-corrected chi connectivity index (χ3v) is 5.16. The molecule has 18 heavy (non-hydrogen) atoms. The standard InChI is InChI=1S/C15H29N3/c16-11-8-15(9-11)18-14-7-6-13(10-14)17-12-4-2-1-3-5-12/h11-15,17-18H,1-10,16H2. The molecule has 0 aliphatic heterocycles. The maximum atomic E-state index is 5.84. The Labute approximate surface area is 111 Å². The van der Waals surface area contributed by atoms with Gasteiger partial charge in [-0.15, -0.1) is 0 Å². The zero-order valence-corrected chi connectivity index (χ0v) is 11.5. The van der Waals surface area contributed by atoms with Gasteiger partial charge in [-0.2, -0.15) is 0 Å². The zero-order chi connectivity index (χ0) is 12.4. The summed E-state index contributed by atoms with van der Waals surface area (Å²) in [7, 11) is 0. The Hall–Kier alpha value is -0.120. The van der Waals surface area contributed by atoms with Crippen molar-refractivity contribution >= 4 is 0 Å². The van der Waals surface area contributed by atoms with Gasteiger partial charge in [-0.1, -0.05) is 19.3 Å². The van der Waals surface area contributed by atoms with Gasteiger partial charge in [0.1, 0.15) is 0 Å². The summed E-state index contributed by atoms with van der Waals surface area (Å²) in [6, 6.07) is 3.54. The van der Waals surface area contributed by atoms with Crippen molar-refractivity contribution in [1.29, 1.82) is 0 Å². The zero-order valence-electron chi connectivity index (χ0n) is 11.5. The minimum atomic E-state index is 0.472. The molecule has 0 aromatic rings. The van der Waals surface area contributed by atoms with Crippen LogP contribution in [0, 0.1) is 0 Å². The second-order valence-electron chi connectivity index (χ2n) is 6.80. The quantitative estimate of drug-likeness (QED) is 0.715. The SMILES string of the molecule is NC1CC(NC2CCC(NC3CCCCC3)C2)C1. The predicted molar refractivity (Wildman–Crippen MR) is 75.6 cm³/mol. The lowest BCUT2D eigenvalue weighted by molar-refractivity contribution is 0.263. The highest BCUT2D eigenvalue weighted by Gasteiger charge is 2.32. The predicted octanol–water partition coefficient (Wildman–Crippen LogP) is 1.91. The Morgan fingerprint density at radius 1 is 0.611 bits per heavy atom. The molecule has 0 spiro atoms. The monoisotopic (exact) mass is 251 g/mol. The molecule has 3 aliphatic rings. The summed E-state index contributed by atoms with van der Waals surface area (Å²) in [4.78, 5) is 0. The molecule has 0 aromatic heterocycles. The fraction of sp³-hybridized carbons (Fsp3) is 1.00. The average molecular weight is 251 g/mol. The molecular weight excluding hydrogens is 222 g/mol. The Morgan fingerprint density at radius 3 is 1.83 bits per heavy atom. The molecule has 2 unspecified atom stereocenters. The van der Waals surface area contributed by atoms with Gasteiger partial charge in [0.2, 0.25) is 0 Å². The molecule has 0 bridgehead atoms. The summed E-state index contributed by atoms with van der Waals surface area (Å²) in [6.45, 7) is 0. The lowest BCUT2D eigenvalue weighted by atomic mass is 9.87. The van der Waals surface area contributed by atoms with Gasteiger partial charge in [0.05, 0.1) is 0 Å². The number of nitrogens with one attached hydrogen (secondary N) is 2. The van der Waals surface area contributed by atoms with Crippen molar-refractivity contribution in [2.45, 2.75) is 94.4 Å². The number of hydrogen-bond donors (Lipinski definition) is 3. The molecule has 3 heteroatoms. The molecule has 0 saturated heterocycles. The largest absolute Gasteiger partial charge is 0.328 e. The number of rotatable bonds is 4. The van der Waals surface area contributed by atoms with Gasteiger partial charge in [0.15, 0.2) is 0 Å². The van der Waals surface area contributed by atoms with Crippen molar-refractivity contribution in [3.05, 3.63) is 0 Å². The molecule has 3 nitrogen and oxygen atoms in total. The van der Waals surface area contributed by atoms with Crippen molar-refractivity contribution in [1.82, 2.24) is 10.6 Å². The maximum Gasteiger partial charge on any atom is 0.00991 e. The second-order valence-corrected chi connectivity index (χ2v) is 6.80. The fourth-order valence-corrected chi connectivity index (χ4v) is 4.02. The van der Waals surface area contributed by atoms with Crippen molar-refractivity contribution in [3.8, 4) is 0 Å². The van der Waals surface area contributed by atoms with Crippen LogP contribution in [-0.4, -0.2) is 30.2 Å². The lowest BCUT2D eigenvalue weighted by Crippen LogP contribution is -2.51. The fourth-order valence-electron chi connectivity index (χ4n) is 4.02. The molecule has 4 N–H and O–H groups in total. The van der Waals surface area contributed by atoms with Crippen LogP contribution in [0.15, 0.2) is 0 Å². The third kappa shape index (κ3) is 3.25. The molecule has 3 aliphatic carbocycles. The summed E-state index contributed by atoms with van der Waals surface area (Å²) in [5.41, 5.74) is 5.84. The van der Waals surface area contributed by atoms with E-state index in [2.05, 4.69) is 10.6 Å². The van der Waals surface area contributed by atoms with Gasteiger partial charge >= 0.3 is 0 Å². The Balaban J connectivity index is 1.35. The first kappa shape index (κ1) is 12.9. The highest BCUT2D eigenvalue weighted by molar-refractivity contribution is 4.94. The van der Waals surface area contributed by atoms with E-state index >= 15 is 0 Å². The van der Waals surface area contributed by atoms with E-state index in [1.165, 1.54) is 64.2 Å². The molecule has 0 heterocycles. The molecule has 0 aromatic carbocycles.